The predicted octanol–water partition coefficient (Wildman–Crippen LogP) is 1.83. The first-order chi connectivity index (χ1) is 7.90. The summed E-state index contributed by atoms with van der Waals surface area (Å²) < 4.78 is 35.9. The third kappa shape index (κ3) is 4.18. The maximum Gasteiger partial charge on any atom is 0.390 e. The third-order valence-corrected chi connectivity index (χ3v) is 3.32. The van der Waals surface area contributed by atoms with Crippen molar-refractivity contribution >= 4 is 5.91 Å². The summed E-state index contributed by atoms with van der Waals surface area (Å²) in [7, 11) is 0. The van der Waals surface area contributed by atoms with Crippen LogP contribution in [0, 0.1) is 5.41 Å². The lowest BCUT2D eigenvalue weighted by atomic mass is 9.77. The van der Waals surface area contributed by atoms with Gasteiger partial charge < -0.3 is 10.6 Å². The average molecular weight is 252 g/mol. The van der Waals surface area contributed by atoms with Gasteiger partial charge in [-0.3, -0.25) is 4.79 Å². The van der Waals surface area contributed by atoms with Gasteiger partial charge in [-0.25, -0.2) is 0 Å². The highest BCUT2D eigenvalue weighted by Gasteiger charge is 2.38. The van der Waals surface area contributed by atoms with E-state index in [2.05, 4.69) is 10.6 Å². The van der Waals surface area contributed by atoms with Crippen LogP contribution < -0.4 is 10.6 Å². The van der Waals surface area contributed by atoms with Crippen LogP contribution >= 0.6 is 0 Å². The molecule has 1 atom stereocenters. The second kappa shape index (κ2) is 5.71. The van der Waals surface area contributed by atoms with Crippen LogP contribution in [0.1, 0.15) is 32.6 Å². The van der Waals surface area contributed by atoms with Crippen molar-refractivity contribution < 1.29 is 18.0 Å². The Labute approximate surface area is 99.1 Å². The molecule has 100 valence electrons. The van der Waals surface area contributed by atoms with E-state index in [9.17, 15) is 18.0 Å². The van der Waals surface area contributed by atoms with Crippen molar-refractivity contribution in [2.75, 3.05) is 19.6 Å². The summed E-state index contributed by atoms with van der Waals surface area (Å²) in [6.45, 7) is 3.00. The third-order valence-electron chi connectivity index (χ3n) is 3.32. The van der Waals surface area contributed by atoms with Crippen LogP contribution in [0.4, 0.5) is 13.2 Å². The van der Waals surface area contributed by atoms with E-state index in [1.54, 1.807) is 0 Å². The van der Waals surface area contributed by atoms with Crippen molar-refractivity contribution in [2.45, 2.75) is 38.8 Å². The lowest BCUT2D eigenvalue weighted by Gasteiger charge is -2.35. The fourth-order valence-electron chi connectivity index (χ4n) is 2.13. The molecule has 0 spiro atoms. The normalized spacial score (nSPS) is 25.6. The molecule has 3 nitrogen and oxygen atoms in total. The first kappa shape index (κ1) is 14.3. The molecule has 0 aromatic rings. The molecule has 1 saturated heterocycles. The number of carbonyl (C=O) groups is 1. The molecule has 0 aliphatic carbocycles. The van der Waals surface area contributed by atoms with Crippen LogP contribution in [0.5, 0.6) is 0 Å². The maximum absolute atomic E-state index is 12.0. The highest BCUT2D eigenvalue weighted by Crippen LogP contribution is 2.30. The topological polar surface area (TPSA) is 41.1 Å². The van der Waals surface area contributed by atoms with Gasteiger partial charge in [-0.15, -0.1) is 0 Å². The molecular weight excluding hydrogens is 233 g/mol. The molecule has 1 aliphatic heterocycles. The zero-order chi connectivity index (χ0) is 12.9. The quantitative estimate of drug-likeness (QED) is 0.801. The number of hydrogen-bond acceptors (Lipinski definition) is 2. The molecule has 0 radical (unpaired) electrons. The van der Waals surface area contributed by atoms with E-state index in [1.807, 2.05) is 6.92 Å². The summed E-state index contributed by atoms with van der Waals surface area (Å²) >= 11 is 0. The van der Waals surface area contributed by atoms with Gasteiger partial charge in [0.2, 0.25) is 5.91 Å². The second-order valence-electron chi connectivity index (χ2n) is 4.54. The van der Waals surface area contributed by atoms with Crippen LogP contribution in [-0.4, -0.2) is 31.7 Å². The van der Waals surface area contributed by atoms with Crippen molar-refractivity contribution in [3.63, 3.8) is 0 Å². The number of piperidine rings is 1. The van der Waals surface area contributed by atoms with E-state index < -0.39 is 18.0 Å². The highest BCUT2D eigenvalue weighted by molar-refractivity contribution is 5.83. The summed E-state index contributed by atoms with van der Waals surface area (Å²) in [5, 5.41) is 5.53. The fraction of sp³-hybridized carbons (Fsp3) is 0.909. The standard InChI is InChI=1S/C11H19F3N2O/c1-2-10(4-3-6-15-8-10)9(17)16-7-5-11(12,13)14/h15H,2-8H2,1H3,(H,16,17). The molecular formula is C11H19F3N2O. The van der Waals surface area contributed by atoms with Crippen molar-refractivity contribution in [1.29, 1.82) is 0 Å². The van der Waals surface area contributed by atoms with Crippen LogP contribution in [0.3, 0.4) is 0 Å². The van der Waals surface area contributed by atoms with Gasteiger partial charge in [0, 0.05) is 13.1 Å². The summed E-state index contributed by atoms with van der Waals surface area (Å²) in [6.07, 6.45) is -2.89. The number of carbonyl (C=O) groups excluding carboxylic acids is 1. The van der Waals surface area contributed by atoms with Crippen molar-refractivity contribution in [3.05, 3.63) is 0 Å². The zero-order valence-corrected chi connectivity index (χ0v) is 9.99. The van der Waals surface area contributed by atoms with E-state index in [0.717, 1.165) is 19.4 Å². The Kier molecular flexibility index (Phi) is 4.80. The molecule has 1 heterocycles. The van der Waals surface area contributed by atoms with Crippen LogP contribution in [0.2, 0.25) is 0 Å². The summed E-state index contributed by atoms with van der Waals surface area (Å²) in [5.74, 6) is -0.253. The molecule has 1 rings (SSSR count). The Bertz CT molecular complexity index is 260. The highest BCUT2D eigenvalue weighted by atomic mass is 19.4. The van der Waals surface area contributed by atoms with Crippen LogP contribution in [0.25, 0.3) is 0 Å². The van der Waals surface area contributed by atoms with E-state index in [1.165, 1.54) is 0 Å². The zero-order valence-electron chi connectivity index (χ0n) is 9.99. The lowest BCUT2D eigenvalue weighted by Crippen LogP contribution is -2.50. The molecule has 0 aromatic heterocycles. The molecule has 1 unspecified atom stereocenters. The Hall–Kier alpha value is -0.780. The Morgan fingerprint density at radius 3 is 2.65 bits per heavy atom. The first-order valence-corrected chi connectivity index (χ1v) is 5.95. The SMILES string of the molecule is CCC1(C(=O)NCCC(F)(F)F)CCCNC1. The molecule has 2 N–H and O–H groups in total. The lowest BCUT2D eigenvalue weighted by molar-refractivity contribution is -0.139. The van der Waals surface area contributed by atoms with Gasteiger partial charge in [-0.1, -0.05) is 6.92 Å². The van der Waals surface area contributed by atoms with Crippen molar-refractivity contribution in [3.8, 4) is 0 Å². The number of alkyl halides is 3. The predicted molar refractivity (Wildman–Crippen MR) is 58.5 cm³/mol. The van der Waals surface area contributed by atoms with Crippen LogP contribution in [-0.2, 0) is 4.79 Å². The smallest absolute Gasteiger partial charge is 0.355 e. The number of hydrogen-bond donors (Lipinski definition) is 2. The number of amides is 1. The van der Waals surface area contributed by atoms with E-state index in [-0.39, 0.29) is 12.5 Å². The number of nitrogens with one attached hydrogen (secondary N) is 2. The van der Waals surface area contributed by atoms with Gasteiger partial charge in [-0.05, 0) is 25.8 Å². The second-order valence-corrected chi connectivity index (χ2v) is 4.54. The molecule has 0 bridgehead atoms. The Balaban J connectivity index is 2.44. The van der Waals surface area contributed by atoms with E-state index in [4.69, 9.17) is 0 Å². The largest absolute Gasteiger partial charge is 0.390 e. The van der Waals surface area contributed by atoms with Gasteiger partial charge in [0.25, 0.3) is 0 Å². The van der Waals surface area contributed by atoms with Gasteiger partial charge in [0.05, 0.1) is 11.8 Å². The molecule has 1 aliphatic rings. The fourth-order valence-corrected chi connectivity index (χ4v) is 2.13. The van der Waals surface area contributed by atoms with Crippen molar-refractivity contribution in [2.24, 2.45) is 5.41 Å². The monoisotopic (exact) mass is 252 g/mol. The number of halogens is 3. The molecule has 1 fully saturated rings. The summed E-state index contributed by atoms with van der Waals surface area (Å²) in [4.78, 5) is 11.9. The van der Waals surface area contributed by atoms with Gasteiger partial charge in [0.1, 0.15) is 0 Å². The molecule has 1 amide bonds. The van der Waals surface area contributed by atoms with Crippen LogP contribution in [0.15, 0.2) is 0 Å². The number of rotatable bonds is 4. The van der Waals surface area contributed by atoms with E-state index >= 15 is 0 Å². The Morgan fingerprint density at radius 1 is 1.47 bits per heavy atom. The van der Waals surface area contributed by atoms with Gasteiger partial charge >= 0.3 is 6.18 Å². The molecule has 17 heavy (non-hydrogen) atoms. The average Bonchev–Trinajstić information content (AvgIpc) is 2.28. The Morgan fingerprint density at radius 2 is 2.18 bits per heavy atom. The molecule has 0 aromatic carbocycles. The van der Waals surface area contributed by atoms with Crippen molar-refractivity contribution in [1.82, 2.24) is 10.6 Å². The van der Waals surface area contributed by atoms with Gasteiger partial charge in [-0.2, -0.15) is 13.2 Å². The first-order valence-electron chi connectivity index (χ1n) is 5.95. The summed E-state index contributed by atoms with van der Waals surface area (Å²) in [6, 6.07) is 0. The summed E-state index contributed by atoms with van der Waals surface area (Å²) in [5.41, 5.74) is -0.524. The minimum atomic E-state index is -4.21. The maximum atomic E-state index is 12.0. The van der Waals surface area contributed by atoms with Gasteiger partial charge in [0.15, 0.2) is 0 Å². The van der Waals surface area contributed by atoms with E-state index in [0.29, 0.717) is 13.0 Å². The minimum absolute atomic E-state index is 0.253. The molecule has 0 saturated carbocycles. The molecule has 6 heteroatoms. The minimum Gasteiger partial charge on any atom is -0.355 e.